The van der Waals surface area contributed by atoms with Crippen molar-refractivity contribution in [2.75, 3.05) is 18.5 Å². The van der Waals surface area contributed by atoms with E-state index >= 15 is 0 Å². The Labute approximate surface area is 123 Å². The summed E-state index contributed by atoms with van der Waals surface area (Å²) in [6.07, 6.45) is 0. The van der Waals surface area contributed by atoms with Crippen LogP contribution in [0.3, 0.4) is 0 Å². The van der Waals surface area contributed by atoms with E-state index in [0.29, 0.717) is 24.7 Å². The Balaban J connectivity index is 2.57. The van der Waals surface area contributed by atoms with Crippen molar-refractivity contribution in [3.05, 3.63) is 29.1 Å². The monoisotopic (exact) mass is 290 g/mol. The van der Waals surface area contributed by atoms with Gasteiger partial charge in [0.15, 0.2) is 5.82 Å². The fraction of sp³-hybridized carbons (Fsp3) is 0.400. The lowest BCUT2D eigenvalue weighted by Crippen LogP contribution is -2.08. The number of nitrogens with one attached hydrogen (secondary N) is 1. The molecule has 1 N–H and O–H groups in total. The van der Waals surface area contributed by atoms with Gasteiger partial charge in [0, 0.05) is 6.54 Å². The second-order valence-electron chi connectivity index (χ2n) is 4.67. The molecule has 0 saturated heterocycles. The maximum Gasteiger partial charge on any atom is 0.321 e. The van der Waals surface area contributed by atoms with Gasteiger partial charge in [-0.25, -0.2) is 4.39 Å². The number of aryl methyl sites for hydroxylation is 2. The van der Waals surface area contributed by atoms with E-state index in [0.717, 1.165) is 11.1 Å². The Morgan fingerprint density at radius 2 is 1.90 bits per heavy atom. The fourth-order valence-corrected chi connectivity index (χ4v) is 2.10. The molecule has 112 valence electrons. The van der Waals surface area contributed by atoms with Crippen molar-refractivity contribution in [3.63, 3.8) is 0 Å². The van der Waals surface area contributed by atoms with Gasteiger partial charge >= 0.3 is 6.01 Å². The van der Waals surface area contributed by atoms with E-state index in [-0.39, 0.29) is 17.7 Å². The first-order valence-electron chi connectivity index (χ1n) is 6.95. The topological polar surface area (TPSA) is 59.9 Å². The second kappa shape index (κ2) is 6.47. The van der Waals surface area contributed by atoms with E-state index in [1.807, 2.05) is 33.8 Å². The van der Waals surface area contributed by atoms with Crippen molar-refractivity contribution in [2.24, 2.45) is 0 Å². The van der Waals surface area contributed by atoms with Gasteiger partial charge in [0.25, 0.3) is 0 Å². The zero-order valence-corrected chi connectivity index (χ0v) is 12.7. The van der Waals surface area contributed by atoms with Crippen LogP contribution in [0.5, 0.6) is 6.01 Å². The highest BCUT2D eigenvalue weighted by Crippen LogP contribution is 2.26. The standard InChI is InChI=1S/C15H19FN4O/c1-5-17-14-18-13(19-15(20-14)21-6-2)12-10(4)7-9(3)8-11(12)16/h7-8H,5-6H2,1-4H3,(H,17,18,19,20). The molecule has 2 aromatic rings. The van der Waals surface area contributed by atoms with E-state index in [2.05, 4.69) is 20.3 Å². The number of anilines is 1. The summed E-state index contributed by atoms with van der Waals surface area (Å²) >= 11 is 0. The molecule has 0 spiro atoms. The minimum Gasteiger partial charge on any atom is -0.464 e. The summed E-state index contributed by atoms with van der Waals surface area (Å²) in [4.78, 5) is 12.6. The maximum absolute atomic E-state index is 14.3. The van der Waals surface area contributed by atoms with Crippen LogP contribution in [0.1, 0.15) is 25.0 Å². The van der Waals surface area contributed by atoms with Gasteiger partial charge in [0.05, 0.1) is 12.2 Å². The minimum absolute atomic E-state index is 0.192. The smallest absolute Gasteiger partial charge is 0.321 e. The number of benzene rings is 1. The molecule has 2 rings (SSSR count). The highest BCUT2D eigenvalue weighted by molar-refractivity contribution is 5.62. The van der Waals surface area contributed by atoms with Crippen molar-refractivity contribution in [2.45, 2.75) is 27.7 Å². The van der Waals surface area contributed by atoms with Gasteiger partial charge in [-0.3, -0.25) is 0 Å². The van der Waals surface area contributed by atoms with Gasteiger partial charge in [-0.05, 0) is 44.9 Å². The Morgan fingerprint density at radius 1 is 1.14 bits per heavy atom. The first-order valence-corrected chi connectivity index (χ1v) is 6.95. The van der Waals surface area contributed by atoms with Crippen LogP contribution in [0.15, 0.2) is 12.1 Å². The zero-order chi connectivity index (χ0) is 15.4. The van der Waals surface area contributed by atoms with E-state index in [1.165, 1.54) is 6.07 Å². The molecule has 1 heterocycles. The number of nitrogens with zero attached hydrogens (tertiary/aromatic N) is 3. The molecule has 0 unspecified atom stereocenters. The third kappa shape index (κ3) is 3.45. The normalized spacial score (nSPS) is 10.5. The van der Waals surface area contributed by atoms with Gasteiger partial charge in [-0.1, -0.05) is 6.07 Å². The van der Waals surface area contributed by atoms with Gasteiger partial charge in [0.2, 0.25) is 5.95 Å². The fourth-order valence-electron chi connectivity index (χ4n) is 2.10. The van der Waals surface area contributed by atoms with Crippen molar-refractivity contribution in [3.8, 4) is 17.4 Å². The Bertz CT molecular complexity index is 598. The highest BCUT2D eigenvalue weighted by Gasteiger charge is 2.15. The van der Waals surface area contributed by atoms with Crippen LogP contribution in [0.2, 0.25) is 0 Å². The number of ether oxygens (including phenoxy) is 1. The third-order valence-corrected chi connectivity index (χ3v) is 2.88. The molecule has 0 amide bonds. The van der Waals surface area contributed by atoms with Crippen LogP contribution >= 0.6 is 0 Å². The number of hydrogen-bond acceptors (Lipinski definition) is 5. The summed E-state index contributed by atoms with van der Waals surface area (Å²) in [7, 11) is 0. The predicted molar refractivity (Wildman–Crippen MR) is 80.0 cm³/mol. The molecule has 6 heteroatoms. The molecule has 0 aliphatic heterocycles. The molecule has 0 bridgehead atoms. The summed E-state index contributed by atoms with van der Waals surface area (Å²) in [5.74, 6) is 0.313. The van der Waals surface area contributed by atoms with Crippen LogP contribution < -0.4 is 10.1 Å². The molecular formula is C15H19FN4O. The van der Waals surface area contributed by atoms with Crippen molar-refractivity contribution in [1.29, 1.82) is 0 Å². The molecule has 5 nitrogen and oxygen atoms in total. The van der Waals surface area contributed by atoms with E-state index < -0.39 is 0 Å². The molecule has 0 aliphatic carbocycles. The summed E-state index contributed by atoms with van der Waals surface area (Å²) in [5, 5.41) is 3.00. The molecular weight excluding hydrogens is 271 g/mol. The van der Waals surface area contributed by atoms with Crippen molar-refractivity contribution in [1.82, 2.24) is 15.0 Å². The molecule has 21 heavy (non-hydrogen) atoms. The van der Waals surface area contributed by atoms with E-state index in [9.17, 15) is 4.39 Å². The predicted octanol–water partition coefficient (Wildman–Crippen LogP) is 3.13. The molecule has 0 fully saturated rings. The summed E-state index contributed by atoms with van der Waals surface area (Å²) in [6.45, 7) is 8.55. The molecule has 0 saturated carbocycles. The van der Waals surface area contributed by atoms with Crippen molar-refractivity contribution >= 4 is 5.95 Å². The number of hydrogen-bond donors (Lipinski definition) is 1. The molecule has 0 aliphatic rings. The van der Waals surface area contributed by atoms with Crippen LogP contribution in [-0.4, -0.2) is 28.1 Å². The average Bonchev–Trinajstić information content (AvgIpc) is 2.38. The zero-order valence-electron chi connectivity index (χ0n) is 12.7. The second-order valence-corrected chi connectivity index (χ2v) is 4.67. The molecule has 1 aromatic carbocycles. The average molecular weight is 290 g/mol. The maximum atomic E-state index is 14.3. The first kappa shape index (κ1) is 15.2. The first-order chi connectivity index (χ1) is 10.0. The van der Waals surface area contributed by atoms with Gasteiger partial charge < -0.3 is 10.1 Å². The summed E-state index contributed by atoms with van der Waals surface area (Å²) in [5.41, 5.74) is 2.02. The molecule has 1 aromatic heterocycles. The van der Waals surface area contributed by atoms with E-state index in [4.69, 9.17) is 4.74 Å². The highest BCUT2D eigenvalue weighted by atomic mass is 19.1. The molecule has 0 radical (unpaired) electrons. The lowest BCUT2D eigenvalue weighted by molar-refractivity contribution is 0.312. The van der Waals surface area contributed by atoms with Crippen LogP contribution in [0.4, 0.5) is 10.3 Å². The number of aromatic nitrogens is 3. The number of rotatable bonds is 5. The number of halogens is 1. The van der Waals surface area contributed by atoms with Crippen LogP contribution in [0, 0.1) is 19.7 Å². The minimum atomic E-state index is -0.344. The Hall–Kier alpha value is -2.24. The SMILES string of the molecule is CCNc1nc(OCC)nc(-c2c(C)cc(C)cc2F)n1. The summed E-state index contributed by atoms with van der Waals surface area (Å²) in [6, 6.07) is 3.56. The lowest BCUT2D eigenvalue weighted by Gasteiger charge is -2.11. The third-order valence-electron chi connectivity index (χ3n) is 2.88. The van der Waals surface area contributed by atoms with Gasteiger partial charge in [0.1, 0.15) is 5.82 Å². The van der Waals surface area contributed by atoms with Gasteiger partial charge in [-0.2, -0.15) is 15.0 Å². The largest absolute Gasteiger partial charge is 0.464 e. The van der Waals surface area contributed by atoms with Crippen LogP contribution in [0.25, 0.3) is 11.4 Å². The Morgan fingerprint density at radius 3 is 2.52 bits per heavy atom. The van der Waals surface area contributed by atoms with Crippen LogP contribution in [-0.2, 0) is 0 Å². The lowest BCUT2D eigenvalue weighted by atomic mass is 10.0. The molecule has 0 atom stereocenters. The summed E-state index contributed by atoms with van der Waals surface area (Å²) < 4.78 is 19.6. The van der Waals surface area contributed by atoms with Crippen molar-refractivity contribution < 1.29 is 9.13 Å². The van der Waals surface area contributed by atoms with Gasteiger partial charge in [-0.15, -0.1) is 0 Å². The Kier molecular flexibility index (Phi) is 4.67. The quantitative estimate of drug-likeness (QED) is 0.916. The van der Waals surface area contributed by atoms with E-state index in [1.54, 1.807) is 0 Å².